The maximum absolute atomic E-state index is 5.83. The fourth-order valence-corrected chi connectivity index (χ4v) is 2.01. The number of rotatable bonds is 6. The van der Waals surface area contributed by atoms with Crippen LogP contribution in [0.5, 0.6) is 0 Å². The molecule has 0 amide bonds. The summed E-state index contributed by atoms with van der Waals surface area (Å²) in [6.45, 7) is 3.09. The average Bonchev–Trinajstić information content (AvgIpc) is 2.82. The van der Waals surface area contributed by atoms with Gasteiger partial charge in [0.25, 0.3) is 0 Å². The average molecular weight is 265 g/mol. The molecule has 2 heterocycles. The molecule has 0 aliphatic rings. The Hall–Kier alpha value is -1.32. The van der Waals surface area contributed by atoms with Crippen molar-refractivity contribution in [2.75, 3.05) is 6.54 Å². The lowest BCUT2D eigenvalue weighted by atomic mass is 10.1. The molecule has 0 saturated heterocycles. The Kier molecular flexibility index (Phi) is 4.79. The summed E-state index contributed by atoms with van der Waals surface area (Å²) in [7, 11) is 0. The molecule has 1 unspecified atom stereocenters. The number of nitrogens with one attached hydrogen (secondary N) is 1. The molecule has 96 valence electrons. The predicted molar refractivity (Wildman–Crippen MR) is 72.7 cm³/mol. The van der Waals surface area contributed by atoms with E-state index in [-0.39, 0.29) is 6.04 Å². The first-order valence-corrected chi connectivity index (χ1v) is 6.55. The second-order valence-corrected chi connectivity index (χ2v) is 4.59. The predicted octanol–water partition coefficient (Wildman–Crippen LogP) is 3.61. The van der Waals surface area contributed by atoms with Gasteiger partial charge in [0.1, 0.15) is 5.76 Å². The van der Waals surface area contributed by atoms with Crippen molar-refractivity contribution >= 4 is 11.6 Å². The fourth-order valence-electron chi connectivity index (χ4n) is 1.86. The summed E-state index contributed by atoms with van der Waals surface area (Å²) in [5.41, 5.74) is 1.18. The van der Waals surface area contributed by atoms with Crippen LogP contribution in [0.1, 0.15) is 30.7 Å². The number of pyridine rings is 1. The highest BCUT2D eigenvalue weighted by Gasteiger charge is 2.15. The van der Waals surface area contributed by atoms with Gasteiger partial charge >= 0.3 is 0 Å². The third-order valence-electron chi connectivity index (χ3n) is 2.74. The summed E-state index contributed by atoms with van der Waals surface area (Å²) < 4.78 is 5.50. The maximum Gasteiger partial charge on any atom is 0.193 e. The van der Waals surface area contributed by atoms with E-state index in [2.05, 4.69) is 23.3 Å². The van der Waals surface area contributed by atoms with Crippen LogP contribution in [0.4, 0.5) is 0 Å². The Morgan fingerprint density at radius 3 is 2.89 bits per heavy atom. The van der Waals surface area contributed by atoms with Crippen molar-refractivity contribution in [1.29, 1.82) is 0 Å². The Morgan fingerprint density at radius 1 is 1.39 bits per heavy atom. The van der Waals surface area contributed by atoms with Crippen molar-refractivity contribution in [2.45, 2.75) is 25.8 Å². The summed E-state index contributed by atoms with van der Waals surface area (Å²) >= 11 is 5.83. The summed E-state index contributed by atoms with van der Waals surface area (Å²) in [6.07, 6.45) is 5.59. The van der Waals surface area contributed by atoms with E-state index in [1.165, 1.54) is 5.56 Å². The largest absolute Gasteiger partial charge is 0.448 e. The summed E-state index contributed by atoms with van der Waals surface area (Å²) in [4.78, 5) is 4.13. The van der Waals surface area contributed by atoms with Crippen LogP contribution >= 0.6 is 11.6 Å². The summed E-state index contributed by atoms with van der Waals surface area (Å²) in [5, 5.41) is 3.90. The third kappa shape index (κ3) is 3.59. The van der Waals surface area contributed by atoms with Gasteiger partial charge in [-0.05, 0) is 54.7 Å². The third-order valence-corrected chi connectivity index (χ3v) is 2.94. The number of hydrogen-bond donors (Lipinski definition) is 1. The van der Waals surface area contributed by atoms with Crippen LogP contribution in [-0.4, -0.2) is 11.5 Å². The lowest BCUT2D eigenvalue weighted by Gasteiger charge is -2.16. The smallest absolute Gasteiger partial charge is 0.193 e. The van der Waals surface area contributed by atoms with Crippen LogP contribution in [0.2, 0.25) is 5.22 Å². The molecule has 18 heavy (non-hydrogen) atoms. The van der Waals surface area contributed by atoms with Crippen molar-refractivity contribution in [1.82, 2.24) is 10.3 Å². The number of aromatic nitrogens is 1. The second-order valence-electron chi connectivity index (χ2n) is 4.21. The monoisotopic (exact) mass is 264 g/mol. The van der Waals surface area contributed by atoms with E-state index in [0.29, 0.717) is 5.22 Å². The molecule has 0 spiro atoms. The van der Waals surface area contributed by atoms with Gasteiger partial charge in [-0.25, -0.2) is 0 Å². The fraction of sp³-hybridized carbons (Fsp3) is 0.357. The normalized spacial score (nSPS) is 12.6. The van der Waals surface area contributed by atoms with E-state index >= 15 is 0 Å². The molecule has 1 N–H and O–H groups in total. The van der Waals surface area contributed by atoms with Gasteiger partial charge in [-0.3, -0.25) is 4.98 Å². The Labute approximate surface area is 112 Å². The Morgan fingerprint density at radius 2 is 2.28 bits per heavy atom. The lowest BCUT2D eigenvalue weighted by Crippen LogP contribution is -2.23. The molecule has 0 aliphatic carbocycles. The zero-order valence-corrected chi connectivity index (χ0v) is 11.2. The molecule has 0 bridgehead atoms. The molecule has 0 fully saturated rings. The number of furan rings is 1. The first-order chi connectivity index (χ1) is 8.79. The molecular formula is C14H17ClN2O. The molecule has 2 aromatic rings. The number of halogens is 1. The van der Waals surface area contributed by atoms with Gasteiger partial charge in [0.05, 0.1) is 6.04 Å². The van der Waals surface area contributed by atoms with Gasteiger partial charge in [-0.2, -0.15) is 0 Å². The van der Waals surface area contributed by atoms with Crippen LogP contribution in [0, 0.1) is 0 Å². The van der Waals surface area contributed by atoms with Crippen molar-refractivity contribution in [3.63, 3.8) is 0 Å². The van der Waals surface area contributed by atoms with E-state index in [9.17, 15) is 0 Å². The van der Waals surface area contributed by atoms with E-state index < -0.39 is 0 Å². The Bertz CT molecular complexity index is 470. The van der Waals surface area contributed by atoms with Crippen LogP contribution in [0.3, 0.4) is 0 Å². The second kappa shape index (κ2) is 6.57. The molecule has 1 atom stereocenters. The Balaban J connectivity index is 2.10. The molecule has 0 aliphatic heterocycles. The van der Waals surface area contributed by atoms with E-state index in [1.807, 2.05) is 18.3 Å². The molecule has 0 radical (unpaired) electrons. The van der Waals surface area contributed by atoms with Gasteiger partial charge in [-0.15, -0.1) is 0 Å². The SMILES string of the molecule is CCCNC(Cc1cccnc1)c1ccc(Cl)o1. The highest BCUT2D eigenvalue weighted by Crippen LogP contribution is 2.23. The minimum absolute atomic E-state index is 0.140. The van der Waals surface area contributed by atoms with E-state index in [0.717, 1.165) is 25.1 Å². The highest BCUT2D eigenvalue weighted by atomic mass is 35.5. The highest BCUT2D eigenvalue weighted by molar-refractivity contribution is 6.28. The van der Waals surface area contributed by atoms with Crippen molar-refractivity contribution in [3.8, 4) is 0 Å². The van der Waals surface area contributed by atoms with Gasteiger partial charge in [-0.1, -0.05) is 13.0 Å². The quantitative estimate of drug-likeness (QED) is 0.866. The van der Waals surface area contributed by atoms with Crippen LogP contribution in [0.25, 0.3) is 0 Å². The first kappa shape index (κ1) is 13.1. The molecule has 0 aromatic carbocycles. The molecule has 2 rings (SSSR count). The lowest BCUT2D eigenvalue weighted by molar-refractivity contribution is 0.411. The zero-order chi connectivity index (χ0) is 12.8. The standard InChI is InChI=1S/C14H17ClN2O/c1-2-7-17-12(13-5-6-14(15)18-13)9-11-4-3-8-16-10-11/h3-6,8,10,12,17H,2,7,9H2,1H3. The van der Waals surface area contributed by atoms with Crippen LogP contribution in [-0.2, 0) is 6.42 Å². The molecule has 2 aromatic heterocycles. The molecule has 4 heteroatoms. The topological polar surface area (TPSA) is 38.1 Å². The minimum atomic E-state index is 0.140. The van der Waals surface area contributed by atoms with Crippen LogP contribution in [0.15, 0.2) is 41.1 Å². The molecule has 3 nitrogen and oxygen atoms in total. The van der Waals surface area contributed by atoms with Gasteiger partial charge in [0, 0.05) is 12.4 Å². The van der Waals surface area contributed by atoms with Crippen molar-refractivity contribution in [2.24, 2.45) is 0 Å². The summed E-state index contributed by atoms with van der Waals surface area (Å²) in [6, 6.07) is 7.85. The minimum Gasteiger partial charge on any atom is -0.448 e. The number of hydrogen-bond acceptors (Lipinski definition) is 3. The van der Waals surface area contributed by atoms with Crippen molar-refractivity contribution < 1.29 is 4.42 Å². The van der Waals surface area contributed by atoms with Gasteiger partial charge in [0.15, 0.2) is 5.22 Å². The molecule has 0 saturated carbocycles. The summed E-state index contributed by atoms with van der Waals surface area (Å²) in [5.74, 6) is 0.873. The van der Waals surface area contributed by atoms with E-state index in [4.69, 9.17) is 16.0 Å². The van der Waals surface area contributed by atoms with Gasteiger partial charge in [0.2, 0.25) is 0 Å². The maximum atomic E-state index is 5.83. The van der Waals surface area contributed by atoms with Gasteiger partial charge < -0.3 is 9.73 Å². The molecular weight excluding hydrogens is 248 g/mol. The van der Waals surface area contributed by atoms with Crippen LogP contribution < -0.4 is 5.32 Å². The van der Waals surface area contributed by atoms with E-state index in [1.54, 1.807) is 12.3 Å². The first-order valence-electron chi connectivity index (χ1n) is 6.17. The van der Waals surface area contributed by atoms with Crippen molar-refractivity contribution in [3.05, 3.63) is 53.2 Å². The zero-order valence-electron chi connectivity index (χ0n) is 10.4. The number of nitrogens with zero attached hydrogens (tertiary/aromatic N) is 1.